The molecule has 1 unspecified atom stereocenters. The second-order valence-corrected chi connectivity index (χ2v) is 4.70. The molecule has 0 aliphatic heterocycles. The standard InChI is InChI=1S/C15H18N2O4/c1-3-20-13-6-7-14(15(10-13)17(18)19)16-11(2)9-12-5-4-8-21-12/h4-8,10-11,16H,3,9H2,1-2H3. The third-order valence-electron chi connectivity index (χ3n) is 2.97. The van der Waals surface area contributed by atoms with Gasteiger partial charge < -0.3 is 14.5 Å². The molecule has 6 heteroatoms. The maximum Gasteiger partial charge on any atom is 0.296 e. The van der Waals surface area contributed by atoms with Gasteiger partial charge in [0.2, 0.25) is 0 Å². The van der Waals surface area contributed by atoms with E-state index in [0.29, 0.717) is 24.5 Å². The number of nitrogens with one attached hydrogen (secondary N) is 1. The van der Waals surface area contributed by atoms with Crippen LogP contribution in [0.15, 0.2) is 41.0 Å². The highest BCUT2D eigenvalue weighted by molar-refractivity contribution is 5.64. The molecule has 1 N–H and O–H groups in total. The second-order valence-electron chi connectivity index (χ2n) is 4.70. The summed E-state index contributed by atoms with van der Waals surface area (Å²) in [5.74, 6) is 1.33. The van der Waals surface area contributed by atoms with Crippen molar-refractivity contribution in [3.63, 3.8) is 0 Å². The van der Waals surface area contributed by atoms with Crippen LogP contribution in [-0.2, 0) is 6.42 Å². The summed E-state index contributed by atoms with van der Waals surface area (Å²) >= 11 is 0. The molecule has 1 aromatic heterocycles. The Labute approximate surface area is 122 Å². The molecule has 0 amide bonds. The molecule has 2 aromatic rings. The molecule has 2 rings (SSSR count). The van der Waals surface area contributed by atoms with Gasteiger partial charge in [-0.2, -0.15) is 0 Å². The lowest BCUT2D eigenvalue weighted by atomic mass is 10.1. The van der Waals surface area contributed by atoms with Crippen molar-refractivity contribution >= 4 is 11.4 Å². The molecular formula is C15H18N2O4. The molecule has 112 valence electrons. The summed E-state index contributed by atoms with van der Waals surface area (Å²) in [7, 11) is 0. The van der Waals surface area contributed by atoms with Crippen molar-refractivity contribution in [1.82, 2.24) is 0 Å². The van der Waals surface area contributed by atoms with Crippen LogP contribution in [-0.4, -0.2) is 17.6 Å². The number of nitro groups is 1. The Kier molecular flexibility index (Phi) is 4.81. The topological polar surface area (TPSA) is 77.5 Å². The monoisotopic (exact) mass is 290 g/mol. The molecule has 0 saturated heterocycles. The van der Waals surface area contributed by atoms with Gasteiger partial charge in [-0.3, -0.25) is 10.1 Å². The Bertz CT molecular complexity index is 596. The lowest BCUT2D eigenvalue weighted by Crippen LogP contribution is -2.18. The molecule has 0 aliphatic carbocycles. The van der Waals surface area contributed by atoms with E-state index in [1.54, 1.807) is 18.4 Å². The van der Waals surface area contributed by atoms with E-state index in [1.165, 1.54) is 6.07 Å². The Morgan fingerprint density at radius 2 is 2.24 bits per heavy atom. The van der Waals surface area contributed by atoms with Crippen molar-refractivity contribution in [2.45, 2.75) is 26.3 Å². The zero-order chi connectivity index (χ0) is 15.2. The fourth-order valence-corrected chi connectivity index (χ4v) is 2.09. The lowest BCUT2D eigenvalue weighted by Gasteiger charge is -2.14. The van der Waals surface area contributed by atoms with E-state index >= 15 is 0 Å². The van der Waals surface area contributed by atoms with Crippen molar-refractivity contribution in [2.24, 2.45) is 0 Å². The van der Waals surface area contributed by atoms with Crippen LogP contribution in [0.3, 0.4) is 0 Å². The maximum absolute atomic E-state index is 11.2. The van der Waals surface area contributed by atoms with Crippen molar-refractivity contribution in [2.75, 3.05) is 11.9 Å². The predicted molar refractivity (Wildman–Crippen MR) is 79.8 cm³/mol. The molecule has 0 bridgehead atoms. The Morgan fingerprint density at radius 1 is 1.43 bits per heavy atom. The minimum Gasteiger partial charge on any atom is -0.494 e. The number of nitro benzene ring substituents is 1. The highest BCUT2D eigenvalue weighted by Gasteiger charge is 2.17. The Balaban J connectivity index is 2.12. The van der Waals surface area contributed by atoms with Crippen LogP contribution in [0.2, 0.25) is 0 Å². The molecule has 1 heterocycles. The zero-order valence-electron chi connectivity index (χ0n) is 12.0. The summed E-state index contributed by atoms with van der Waals surface area (Å²) in [6, 6.07) is 8.53. The van der Waals surface area contributed by atoms with Gasteiger partial charge in [0.05, 0.1) is 23.9 Å². The first kappa shape index (κ1) is 14.9. The number of benzene rings is 1. The van der Waals surface area contributed by atoms with Crippen LogP contribution in [0.5, 0.6) is 5.75 Å². The van der Waals surface area contributed by atoms with Gasteiger partial charge >= 0.3 is 0 Å². The number of rotatable bonds is 7. The van der Waals surface area contributed by atoms with E-state index in [1.807, 2.05) is 26.0 Å². The minimum atomic E-state index is -0.412. The van der Waals surface area contributed by atoms with Crippen molar-refractivity contribution in [3.05, 3.63) is 52.5 Å². The van der Waals surface area contributed by atoms with E-state index in [4.69, 9.17) is 9.15 Å². The number of hydrogen-bond donors (Lipinski definition) is 1. The zero-order valence-corrected chi connectivity index (χ0v) is 12.0. The first-order chi connectivity index (χ1) is 10.1. The molecule has 0 spiro atoms. The highest BCUT2D eigenvalue weighted by Crippen LogP contribution is 2.29. The van der Waals surface area contributed by atoms with Gasteiger partial charge in [0.15, 0.2) is 0 Å². The fraction of sp³-hybridized carbons (Fsp3) is 0.333. The van der Waals surface area contributed by atoms with Crippen LogP contribution in [0.4, 0.5) is 11.4 Å². The second kappa shape index (κ2) is 6.78. The molecular weight excluding hydrogens is 272 g/mol. The lowest BCUT2D eigenvalue weighted by molar-refractivity contribution is -0.384. The van der Waals surface area contributed by atoms with Gasteiger partial charge in [-0.25, -0.2) is 0 Å². The Hall–Kier alpha value is -2.50. The summed E-state index contributed by atoms with van der Waals surface area (Å²) in [4.78, 5) is 10.8. The summed E-state index contributed by atoms with van der Waals surface area (Å²) in [5, 5.41) is 14.3. The van der Waals surface area contributed by atoms with Crippen molar-refractivity contribution < 1.29 is 14.1 Å². The smallest absolute Gasteiger partial charge is 0.296 e. The van der Waals surface area contributed by atoms with E-state index in [-0.39, 0.29) is 11.7 Å². The van der Waals surface area contributed by atoms with E-state index in [9.17, 15) is 10.1 Å². The summed E-state index contributed by atoms with van der Waals surface area (Å²) in [6.07, 6.45) is 2.26. The van der Waals surface area contributed by atoms with Gasteiger partial charge in [-0.05, 0) is 38.1 Å². The van der Waals surface area contributed by atoms with Gasteiger partial charge in [-0.1, -0.05) is 0 Å². The normalized spacial score (nSPS) is 11.9. The molecule has 21 heavy (non-hydrogen) atoms. The van der Waals surface area contributed by atoms with Crippen LogP contribution in [0, 0.1) is 10.1 Å². The van der Waals surface area contributed by atoms with E-state index in [0.717, 1.165) is 5.76 Å². The van der Waals surface area contributed by atoms with Gasteiger partial charge in [0.1, 0.15) is 17.2 Å². The van der Waals surface area contributed by atoms with Gasteiger partial charge in [0, 0.05) is 12.5 Å². The molecule has 0 saturated carbocycles. The first-order valence-electron chi connectivity index (χ1n) is 6.80. The predicted octanol–water partition coefficient (Wildman–Crippen LogP) is 3.63. The minimum absolute atomic E-state index is 0.00671. The fourth-order valence-electron chi connectivity index (χ4n) is 2.09. The molecule has 0 fully saturated rings. The van der Waals surface area contributed by atoms with Crippen molar-refractivity contribution in [3.8, 4) is 5.75 Å². The number of ether oxygens (including phenoxy) is 1. The van der Waals surface area contributed by atoms with Crippen LogP contribution in [0.25, 0.3) is 0 Å². The number of anilines is 1. The third-order valence-corrected chi connectivity index (χ3v) is 2.97. The number of nitrogens with zero attached hydrogens (tertiary/aromatic N) is 1. The average Bonchev–Trinajstić information content (AvgIpc) is 2.93. The highest BCUT2D eigenvalue weighted by atomic mass is 16.6. The van der Waals surface area contributed by atoms with Gasteiger partial charge in [0.25, 0.3) is 5.69 Å². The van der Waals surface area contributed by atoms with Crippen molar-refractivity contribution in [1.29, 1.82) is 0 Å². The quantitative estimate of drug-likeness (QED) is 0.622. The molecule has 0 aliphatic rings. The summed E-state index contributed by atoms with van der Waals surface area (Å²) < 4.78 is 10.6. The molecule has 0 radical (unpaired) electrons. The maximum atomic E-state index is 11.2. The average molecular weight is 290 g/mol. The van der Waals surface area contributed by atoms with Crippen LogP contribution >= 0.6 is 0 Å². The third kappa shape index (κ3) is 3.98. The molecule has 1 atom stereocenters. The van der Waals surface area contributed by atoms with E-state index in [2.05, 4.69) is 5.32 Å². The molecule has 6 nitrogen and oxygen atoms in total. The van der Waals surface area contributed by atoms with Crippen LogP contribution < -0.4 is 10.1 Å². The number of hydrogen-bond acceptors (Lipinski definition) is 5. The van der Waals surface area contributed by atoms with Gasteiger partial charge in [-0.15, -0.1) is 0 Å². The largest absolute Gasteiger partial charge is 0.494 e. The summed E-state index contributed by atoms with van der Waals surface area (Å²) in [6.45, 7) is 4.25. The van der Waals surface area contributed by atoms with Crippen LogP contribution in [0.1, 0.15) is 19.6 Å². The molecule has 1 aromatic carbocycles. The Morgan fingerprint density at radius 3 is 2.86 bits per heavy atom. The first-order valence-corrected chi connectivity index (χ1v) is 6.80. The van der Waals surface area contributed by atoms with E-state index < -0.39 is 4.92 Å². The SMILES string of the molecule is CCOc1ccc(NC(C)Cc2ccco2)c([N+](=O)[O-])c1. The number of furan rings is 1. The summed E-state index contributed by atoms with van der Waals surface area (Å²) in [5.41, 5.74) is 0.481.